The van der Waals surface area contributed by atoms with E-state index >= 15 is 0 Å². The van der Waals surface area contributed by atoms with E-state index in [4.69, 9.17) is 0 Å². The van der Waals surface area contributed by atoms with E-state index in [1.807, 2.05) is 0 Å². The van der Waals surface area contributed by atoms with Gasteiger partial charge >= 0.3 is 0 Å². The molecule has 1 fully saturated rings. The molecule has 25 heavy (non-hydrogen) atoms. The minimum absolute atomic E-state index is 0. The molecule has 1 aliphatic heterocycles. The second-order valence-corrected chi connectivity index (χ2v) is 8.62. The van der Waals surface area contributed by atoms with Crippen molar-refractivity contribution >= 4 is 51.7 Å². The summed E-state index contributed by atoms with van der Waals surface area (Å²) in [5, 5.41) is 6.08. The van der Waals surface area contributed by atoms with E-state index in [1.165, 1.54) is 12.1 Å². The van der Waals surface area contributed by atoms with Gasteiger partial charge in [-0.05, 0) is 17.7 Å². The number of guanidine groups is 1. The molecule has 2 N–H and O–H groups in total. The molecule has 0 saturated carbocycles. The number of hydrogen-bond acceptors (Lipinski definition) is 4. The summed E-state index contributed by atoms with van der Waals surface area (Å²) in [7, 11) is -1.60. The molecule has 1 saturated heterocycles. The maximum Gasteiger partial charge on any atom is 0.215 e. The van der Waals surface area contributed by atoms with Crippen LogP contribution in [0, 0.1) is 5.82 Å². The summed E-state index contributed by atoms with van der Waals surface area (Å²) in [6.07, 6.45) is 0. The molecule has 1 aliphatic rings. The van der Waals surface area contributed by atoms with Crippen LogP contribution in [0.3, 0.4) is 0 Å². The molecule has 2 rings (SSSR count). The Hall–Kier alpha value is -0.590. The minimum atomic E-state index is -3.23. The van der Waals surface area contributed by atoms with Crippen molar-refractivity contribution in [1.82, 2.24) is 14.9 Å². The zero-order chi connectivity index (χ0) is 17.4. The summed E-state index contributed by atoms with van der Waals surface area (Å²) in [4.78, 5) is 4.06. The number of nitrogens with one attached hydrogen (secondary N) is 2. The SMILES string of the molecule is CN=C(NCCS(=O)(=O)N1CCSCC1)NCc1ccc(F)cc1.I. The third kappa shape index (κ3) is 7.67. The highest BCUT2D eigenvalue weighted by Crippen LogP contribution is 2.12. The smallest absolute Gasteiger partial charge is 0.215 e. The molecule has 0 bridgehead atoms. The topological polar surface area (TPSA) is 73.8 Å². The summed E-state index contributed by atoms with van der Waals surface area (Å²) in [5.74, 6) is 1.99. The first-order valence-electron chi connectivity index (χ1n) is 7.76. The fourth-order valence-electron chi connectivity index (χ4n) is 2.26. The Morgan fingerprint density at radius 2 is 1.88 bits per heavy atom. The van der Waals surface area contributed by atoms with E-state index < -0.39 is 10.0 Å². The van der Waals surface area contributed by atoms with Gasteiger partial charge in [-0.2, -0.15) is 11.8 Å². The van der Waals surface area contributed by atoms with Crippen molar-refractivity contribution in [3.05, 3.63) is 35.6 Å². The summed E-state index contributed by atoms with van der Waals surface area (Å²) < 4.78 is 38.9. The van der Waals surface area contributed by atoms with E-state index in [-0.39, 0.29) is 42.1 Å². The molecule has 6 nitrogen and oxygen atoms in total. The number of rotatable bonds is 6. The largest absolute Gasteiger partial charge is 0.355 e. The predicted molar refractivity (Wildman–Crippen MR) is 113 cm³/mol. The summed E-state index contributed by atoms with van der Waals surface area (Å²) in [5.41, 5.74) is 0.915. The monoisotopic (exact) mass is 502 g/mol. The predicted octanol–water partition coefficient (Wildman–Crippen LogP) is 1.49. The molecular weight excluding hydrogens is 478 g/mol. The van der Waals surface area contributed by atoms with Crippen molar-refractivity contribution in [2.24, 2.45) is 4.99 Å². The Balaban J connectivity index is 0.00000312. The second kappa shape index (κ2) is 11.2. The highest BCUT2D eigenvalue weighted by Gasteiger charge is 2.23. The van der Waals surface area contributed by atoms with Gasteiger partial charge in [-0.1, -0.05) is 12.1 Å². The molecule has 1 aromatic rings. The third-order valence-electron chi connectivity index (χ3n) is 3.61. The average Bonchev–Trinajstić information content (AvgIpc) is 2.60. The lowest BCUT2D eigenvalue weighted by Gasteiger charge is -2.25. The Morgan fingerprint density at radius 3 is 2.48 bits per heavy atom. The highest BCUT2D eigenvalue weighted by molar-refractivity contribution is 14.0. The van der Waals surface area contributed by atoms with Crippen molar-refractivity contribution < 1.29 is 12.8 Å². The number of hydrogen-bond donors (Lipinski definition) is 2. The normalized spacial score (nSPS) is 16.2. The Bertz CT molecular complexity index is 650. The lowest BCUT2D eigenvalue weighted by Crippen LogP contribution is -2.44. The van der Waals surface area contributed by atoms with Gasteiger partial charge in [0.25, 0.3) is 0 Å². The molecule has 1 aromatic carbocycles. The lowest BCUT2D eigenvalue weighted by atomic mass is 10.2. The van der Waals surface area contributed by atoms with Gasteiger partial charge in [0.1, 0.15) is 5.82 Å². The van der Waals surface area contributed by atoms with E-state index in [2.05, 4.69) is 15.6 Å². The number of benzene rings is 1. The fourth-order valence-corrected chi connectivity index (χ4v) is 4.75. The van der Waals surface area contributed by atoms with Crippen LogP contribution in [0.4, 0.5) is 4.39 Å². The first-order valence-corrected chi connectivity index (χ1v) is 10.5. The maximum absolute atomic E-state index is 12.9. The van der Waals surface area contributed by atoms with Gasteiger partial charge < -0.3 is 10.6 Å². The van der Waals surface area contributed by atoms with Crippen LogP contribution in [0.25, 0.3) is 0 Å². The summed E-state index contributed by atoms with van der Waals surface area (Å²) >= 11 is 1.78. The molecule has 0 spiro atoms. The minimum Gasteiger partial charge on any atom is -0.355 e. The van der Waals surface area contributed by atoms with Gasteiger partial charge in [0, 0.05) is 44.7 Å². The number of thioether (sulfide) groups is 1. The van der Waals surface area contributed by atoms with Crippen molar-refractivity contribution in [2.45, 2.75) is 6.54 Å². The van der Waals surface area contributed by atoms with E-state index in [0.29, 0.717) is 25.6 Å². The third-order valence-corrected chi connectivity index (χ3v) is 6.43. The van der Waals surface area contributed by atoms with Crippen molar-refractivity contribution in [3.63, 3.8) is 0 Å². The molecule has 0 amide bonds. The zero-order valence-corrected chi connectivity index (χ0v) is 18.0. The Morgan fingerprint density at radius 1 is 1.24 bits per heavy atom. The Kier molecular flexibility index (Phi) is 10.1. The number of halogens is 2. The average molecular weight is 502 g/mol. The van der Waals surface area contributed by atoms with Crippen LogP contribution in [0.15, 0.2) is 29.3 Å². The standard InChI is InChI=1S/C15H23FN4O2S2.HI/c1-17-15(19-12-13-2-4-14(16)5-3-13)18-6-11-24(21,22)20-7-9-23-10-8-20;/h2-5H,6-12H2,1H3,(H2,17,18,19);1H. The zero-order valence-electron chi connectivity index (χ0n) is 14.1. The summed E-state index contributed by atoms with van der Waals surface area (Å²) in [6, 6.07) is 6.18. The number of sulfonamides is 1. The lowest BCUT2D eigenvalue weighted by molar-refractivity contribution is 0.443. The highest BCUT2D eigenvalue weighted by atomic mass is 127. The van der Waals surface area contributed by atoms with Crippen LogP contribution in [-0.2, 0) is 16.6 Å². The van der Waals surface area contributed by atoms with Gasteiger partial charge in [0.05, 0.1) is 5.75 Å². The van der Waals surface area contributed by atoms with Gasteiger partial charge in [0.15, 0.2) is 5.96 Å². The van der Waals surface area contributed by atoms with Crippen LogP contribution in [-0.4, -0.2) is 62.6 Å². The van der Waals surface area contributed by atoms with E-state index in [1.54, 1.807) is 35.2 Å². The van der Waals surface area contributed by atoms with Gasteiger partial charge in [-0.15, -0.1) is 24.0 Å². The van der Waals surface area contributed by atoms with Crippen LogP contribution in [0.5, 0.6) is 0 Å². The van der Waals surface area contributed by atoms with Crippen molar-refractivity contribution in [1.29, 1.82) is 0 Å². The van der Waals surface area contributed by atoms with Crippen molar-refractivity contribution in [3.8, 4) is 0 Å². The molecular formula is C15H24FIN4O2S2. The van der Waals surface area contributed by atoms with Crippen LogP contribution >= 0.6 is 35.7 Å². The van der Waals surface area contributed by atoms with Crippen molar-refractivity contribution in [2.75, 3.05) is 43.9 Å². The molecule has 0 aromatic heterocycles. The first-order chi connectivity index (χ1) is 11.5. The maximum atomic E-state index is 12.9. The molecule has 1 heterocycles. The van der Waals surface area contributed by atoms with Crippen LogP contribution in [0.2, 0.25) is 0 Å². The van der Waals surface area contributed by atoms with Gasteiger partial charge in [0.2, 0.25) is 10.0 Å². The summed E-state index contributed by atoms with van der Waals surface area (Å²) in [6.45, 7) is 1.94. The molecule has 0 radical (unpaired) electrons. The second-order valence-electron chi connectivity index (χ2n) is 5.31. The van der Waals surface area contributed by atoms with Gasteiger partial charge in [-0.3, -0.25) is 4.99 Å². The van der Waals surface area contributed by atoms with Gasteiger partial charge in [-0.25, -0.2) is 17.1 Å². The fraction of sp³-hybridized carbons (Fsp3) is 0.533. The molecule has 0 aliphatic carbocycles. The Labute approximate surface area is 170 Å². The van der Waals surface area contributed by atoms with E-state index in [0.717, 1.165) is 17.1 Å². The number of nitrogens with zero attached hydrogens (tertiary/aromatic N) is 2. The molecule has 0 unspecified atom stereocenters. The molecule has 10 heteroatoms. The van der Waals surface area contributed by atoms with Crippen LogP contribution < -0.4 is 10.6 Å². The number of aliphatic imine (C=N–C) groups is 1. The van der Waals surface area contributed by atoms with E-state index in [9.17, 15) is 12.8 Å². The first kappa shape index (κ1) is 22.5. The molecule has 0 atom stereocenters. The van der Waals surface area contributed by atoms with Crippen LogP contribution in [0.1, 0.15) is 5.56 Å². The molecule has 142 valence electrons. The quantitative estimate of drug-likeness (QED) is 0.351.